The van der Waals surface area contributed by atoms with Crippen LogP contribution in [-0.2, 0) is 10.0 Å². The van der Waals surface area contributed by atoms with E-state index in [2.05, 4.69) is 10.0 Å². The lowest BCUT2D eigenvalue weighted by Crippen LogP contribution is -2.16. The summed E-state index contributed by atoms with van der Waals surface area (Å²) >= 11 is 11.9. The maximum atomic E-state index is 12.8. The minimum Gasteiger partial charge on any atom is -0.495 e. The van der Waals surface area contributed by atoms with Crippen LogP contribution in [-0.4, -0.2) is 21.4 Å². The van der Waals surface area contributed by atoms with Gasteiger partial charge in [-0.1, -0.05) is 35.3 Å². The van der Waals surface area contributed by atoms with Crippen molar-refractivity contribution >= 4 is 50.5 Å². The van der Waals surface area contributed by atoms with Crippen LogP contribution in [0, 0.1) is 0 Å². The molecule has 1 amide bonds. The van der Waals surface area contributed by atoms with Crippen molar-refractivity contribution in [2.75, 3.05) is 17.1 Å². The largest absolute Gasteiger partial charge is 0.495 e. The smallest absolute Gasteiger partial charge is 0.263 e. The number of sulfonamides is 1. The Morgan fingerprint density at radius 2 is 1.66 bits per heavy atom. The zero-order chi connectivity index (χ0) is 21.0. The normalized spacial score (nSPS) is 11.0. The molecule has 0 aliphatic carbocycles. The molecule has 0 aromatic heterocycles. The fourth-order valence-electron chi connectivity index (χ4n) is 2.52. The molecule has 0 aliphatic rings. The number of methoxy groups -OCH3 is 1. The molecular formula is C20H16Cl2N2O4S. The van der Waals surface area contributed by atoms with Gasteiger partial charge in [-0.3, -0.25) is 9.52 Å². The average Bonchev–Trinajstić information content (AvgIpc) is 2.70. The van der Waals surface area contributed by atoms with Crippen LogP contribution in [0.25, 0.3) is 0 Å². The van der Waals surface area contributed by atoms with Crippen molar-refractivity contribution in [3.05, 3.63) is 82.3 Å². The van der Waals surface area contributed by atoms with Gasteiger partial charge in [0.2, 0.25) is 0 Å². The number of carbonyl (C=O) groups is 1. The van der Waals surface area contributed by atoms with E-state index in [9.17, 15) is 13.2 Å². The van der Waals surface area contributed by atoms with E-state index >= 15 is 0 Å². The molecule has 3 aromatic rings. The monoisotopic (exact) mass is 450 g/mol. The van der Waals surface area contributed by atoms with Crippen LogP contribution < -0.4 is 14.8 Å². The van der Waals surface area contributed by atoms with E-state index in [1.165, 1.54) is 37.4 Å². The number of amides is 1. The third-order valence-corrected chi connectivity index (χ3v) is 6.05. The molecule has 0 unspecified atom stereocenters. The summed E-state index contributed by atoms with van der Waals surface area (Å²) in [5, 5.41) is 3.15. The van der Waals surface area contributed by atoms with Gasteiger partial charge in [-0.05, 0) is 54.6 Å². The van der Waals surface area contributed by atoms with E-state index < -0.39 is 15.9 Å². The van der Waals surface area contributed by atoms with Crippen molar-refractivity contribution in [1.82, 2.24) is 0 Å². The van der Waals surface area contributed by atoms with E-state index in [4.69, 9.17) is 27.9 Å². The quantitative estimate of drug-likeness (QED) is 0.549. The molecule has 3 aromatic carbocycles. The fraction of sp³-hybridized carbons (Fsp3) is 0.0500. The predicted octanol–water partition coefficient (Wildman–Crippen LogP) is 5.06. The maximum absolute atomic E-state index is 12.8. The molecule has 0 atom stereocenters. The summed E-state index contributed by atoms with van der Waals surface area (Å²) in [4.78, 5) is 12.4. The summed E-state index contributed by atoms with van der Waals surface area (Å²) < 4.78 is 33.1. The first-order valence-corrected chi connectivity index (χ1v) is 10.6. The molecule has 3 rings (SSSR count). The molecule has 9 heteroatoms. The van der Waals surface area contributed by atoms with Gasteiger partial charge >= 0.3 is 0 Å². The Balaban J connectivity index is 1.89. The van der Waals surface area contributed by atoms with Crippen LogP contribution in [0.3, 0.4) is 0 Å². The molecule has 0 saturated carbocycles. The van der Waals surface area contributed by atoms with Crippen LogP contribution in [0.2, 0.25) is 10.0 Å². The highest BCUT2D eigenvalue weighted by molar-refractivity contribution is 7.92. The summed E-state index contributed by atoms with van der Waals surface area (Å²) in [5.41, 5.74) is 0.893. The van der Waals surface area contributed by atoms with Gasteiger partial charge in [-0.15, -0.1) is 0 Å². The number of nitrogens with one attached hydrogen (secondary N) is 2. The van der Waals surface area contributed by atoms with Crippen molar-refractivity contribution in [1.29, 1.82) is 0 Å². The van der Waals surface area contributed by atoms with Gasteiger partial charge in [0.15, 0.2) is 0 Å². The van der Waals surface area contributed by atoms with Gasteiger partial charge in [-0.25, -0.2) is 8.42 Å². The van der Waals surface area contributed by atoms with Crippen molar-refractivity contribution in [2.24, 2.45) is 0 Å². The molecule has 6 nitrogen and oxygen atoms in total. The highest BCUT2D eigenvalue weighted by Crippen LogP contribution is 2.27. The standard InChI is InChI=1S/C20H16Cl2N2O4S/c1-28-18-5-3-2-4-17(18)23-20(25)13-6-11-16(22)19(12-13)29(26,27)24-15-9-7-14(21)8-10-15/h2-12,24H,1H3,(H,23,25). The number of halogens is 2. The highest BCUT2D eigenvalue weighted by Gasteiger charge is 2.21. The molecule has 29 heavy (non-hydrogen) atoms. The molecular weight excluding hydrogens is 435 g/mol. The number of benzene rings is 3. The Morgan fingerprint density at radius 1 is 0.966 bits per heavy atom. The van der Waals surface area contributed by atoms with Gasteiger partial charge in [0, 0.05) is 16.3 Å². The lowest BCUT2D eigenvalue weighted by atomic mass is 10.2. The van der Waals surface area contributed by atoms with Crippen LogP contribution >= 0.6 is 23.2 Å². The number of rotatable bonds is 6. The Kier molecular flexibility index (Phi) is 6.32. The summed E-state index contributed by atoms with van der Waals surface area (Å²) in [6.45, 7) is 0. The van der Waals surface area contributed by atoms with Crippen molar-refractivity contribution in [2.45, 2.75) is 4.90 Å². The van der Waals surface area contributed by atoms with E-state index in [0.717, 1.165) is 0 Å². The molecule has 0 bridgehead atoms. The van der Waals surface area contributed by atoms with Gasteiger partial charge in [0.25, 0.3) is 15.9 Å². The SMILES string of the molecule is COc1ccccc1NC(=O)c1ccc(Cl)c(S(=O)(=O)Nc2ccc(Cl)cc2)c1. The van der Waals surface area contributed by atoms with Crippen LogP contribution in [0.15, 0.2) is 71.6 Å². The number of ether oxygens (including phenoxy) is 1. The molecule has 0 radical (unpaired) electrons. The number of anilines is 2. The lowest BCUT2D eigenvalue weighted by molar-refractivity contribution is 0.102. The van der Waals surface area contributed by atoms with Crippen LogP contribution in [0.4, 0.5) is 11.4 Å². The van der Waals surface area contributed by atoms with Gasteiger partial charge in [-0.2, -0.15) is 0 Å². The Morgan fingerprint density at radius 3 is 2.34 bits per heavy atom. The second-order valence-corrected chi connectivity index (χ2v) is 8.41. The Labute approximate surface area is 178 Å². The second kappa shape index (κ2) is 8.73. The van der Waals surface area contributed by atoms with Gasteiger partial charge in [0.1, 0.15) is 10.6 Å². The first-order valence-electron chi connectivity index (χ1n) is 8.32. The lowest BCUT2D eigenvalue weighted by Gasteiger charge is -2.12. The number of para-hydroxylation sites is 2. The first-order chi connectivity index (χ1) is 13.8. The topological polar surface area (TPSA) is 84.5 Å². The molecule has 0 fully saturated rings. The molecule has 2 N–H and O–H groups in total. The zero-order valence-corrected chi connectivity index (χ0v) is 17.5. The second-order valence-electron chi connectivity index (χ2n) is 5.91. The van der Waals surface area contributed by atoms with Crippen LogP contribution in [0.5, 0.6) is 5.75 Å². The van der Waals surface area contributed by atoms with E-state index in [0.29, 0.717) is 22.1 Å². The van der Waals surface area contributed by atoms with Crippen LogP contribution in [0.1, 0.15) is 10.4 Å². The average molecular weight is 451 g/mol. The first kappa shape index (κ1) is 21.0. The molecule has 0 spiro atoms. The molecule has 150 valence electrons. The molecule has 0 saturated heterocycles. The van der Waals surface area contributed by atoms with Crippen molar-refractivity contribution in [3.8, 4) is 5.75 Å². The zero-order valence-electron chi connectivity index (χ0n) is 15.1. The minimum absolute atomic E-state index is 0.0136. The van der Waals surface area contributed by atoms with Crippen molar-refractivity contribution in [3.63, 3.8) is 0 Å². The molecule has 0 heterocycles. The number of hydrogen-bond acceptors (Lipinski definition) is 4. The Hall–Kier alpha value is -2.74. The van der Waals surface area contributed by atoms with E-state index in [1.807, 2.05) is 0 Å². The predicted molar refractivity (Wildman–Crippen MR) is 115 cm³/mol. The summed E-state index contributed by atoms with van der Waals surface area (Å²) in [6.07, 6.45) is 0. The van der Waals surface area contributed by atoms with E-state index in [-0.39, 0.29) is 15.5 Å². The Bertz CT molecular complexity index is 1150. The van der Waals surface area contributed by atoms with E-state index in [1.54, 1.807) is 36.4 Å². The third-order valence-electron chi connectivity index (χ3n) is 3.93. The minimum atomic E-state index is -4.03. The maximum Gasteiger partial charge on any atom is 0.263 e. The van der Waals surface area contributed by atoms with Gasteiger partial charge in [0.05, 0.1) is 17.8 Å². The number of hydrogen-bond donors (Lipinski definition) is 2. The summed E-state index contributed by atoms with van der Waals surface area (Å²) in [5.74, 6) is -0.0267. The van der Waals surface area contributed by atoms with Gasteiger partial charge < -0.3 is 10.1 Å². The summed E-state index contributed by atoms with van der Waals surface area (Å²) in [7, 11) is -2.54. The van der Waals surface area contributed by atoms with Crippen molar-refractivity contribution < 1.29 is 17.9 Å². The molecule has 0 aliphatic heterocycles. The highest BCUT2D eigenvalue weighted by atomic mass is 35.5. The fourth-order valence-corrected chi connectivity index (χ4v) is 4.23. The summed E-state index contributed by atoms with van der Waals surface area (Å²) in [6, 6.07) is 17.0. The third kappa shape index (κ3) is 5.00. The number of carbonyl (C=O) groups excluding carboxylic acids is 1.